The van der Waals surface area contributed by atoms with Gasteiger partial charge in [-0.2, -0.15) is 0 Å². The lowest BCUT2D eigenvalue weighted by Gasteiger charge is -2.22. The van der Waals surface area contributed by atoms with Crippen LogP contribution in [0.3, 0.4) is 0 Å². The summed E-state index contributed by atoms with van der Waals surface area (Å²) in [5.41, 5.74) is 5.85. The fourth-order valence-corrected chi connectivity index (χ4v) is 1.91. The molecular weight excluding hydrogens is 267 g/mol. The molecule has 0 radical (unpaired) electrons. The molecule has 0 saturated carbocycles. The fourth-order valence-electron chi connectivity index (χ4n) is 1.67. The molecule has 1 amide bonds. The molecule has 0 aliphatic carbocycles. The van der Waals surface area contributed by atoms with Gasteiger partial charge in [0.1, 0.15) is 5.82 Å². The normalized spacial score (nSPS) is 12.6. The van der Waals surface area contributed by atoms with Gasteiger partial charge in [0.25, 0.3) is 5.91 Å². The van der Waals surface area contributed by atoms with Gasteiger partial charge in [-0.3, -0.25) is 4.79 Å². The second-order valence-corrected chi connectivity index (χ2v) is 5.43. The Morgan fingerprint density at radius 2 is 2.11 bits per heavy atom. The summed E-state index contributed by atoms with van der Waals surface area (Å²) in [5.74, 6) is -0.669. The molecular formula is C14H20ClFN2O. The molecule has 1 unspecified atom stereocenters. The van der Waals surface area contributed by atoms with E-state index in [4.69, 9.17) is 17.3 Å². The zero-order valence-electron chi connectivity index (χ0n) is 11.5. The molecule has 0 aromatic heterocycles. The van der Waals surface area contributed by atoms with Crippen molar-refractivity contribution >= 4 is 17.5 Å². The highest BCUT2D eigenvalue weighted by molar-refractivity contribution is 6.33. The van der Waals surface area contributed by atoms with E-state index in [1.165, 1.54) is 23.1 Å². The van der Waals surface area contributed by atoms with Crippen molar-refractivity contribution in [2.24, 2.45) is 11.7 Å². The van der Waals surface area contributed by atoms with Crippen molar-refractivity contribution in [1.29, 1.82) is 0 Å². The predicted octanol–water partition coefficient (Wildman–Crippen LogP) is 2.92. The van der Waals surface area contributed by atoms with Crippen LogP contribution in [0.5, 0.6) is 0 Å². The average molecular weight is 287 g/mol. The third-order valence-electron chi connectivity index (χ3n) is 3.18. The Morgan fingerprint density at radius 1 is 1.47 bits per heavy atom. The van der Waals surface area contributed by atoms with Gasteiger partial charge in [0, 0.05) is 19.6 Å². The van der Waals surface area contributed by atoms with Gasteiger partial charge in [-0.25, -0.2) is 4.39 Å². The zero-order chi connectivity index (χ0) is 14.6. The summed E-state index contributed by atoms with van der Waals surface area (Å²) in [6.07, 6.45) is 0.673. The number of hydrogen-bond acceptors (Lipinski definition) is 2. The summed E-state index contributed by atoms with van der Waals surface area (Å²) < 4.78 is 13.6. The second-order valence-electron chi connectivity index (χ2n) is 5.02. The Kier molecular flexibility index (Phi) is 5.76. The van der Waals surface area contributed by atoms with Crippen molar-refractivity contribution in [3.05, 3.63) is 34.6 Å². The first-order chi connectivity index (χ1) is 8.84. The lowest BCUT2D eigenvalue weighted by atomic mass is 10.0. The van der Waals surface area contributed by atoms with Crippen molar-refractivity contribution in [3.8, 4) is 0 Å². The van der Waals surface area contributed by atoms with E-state index in [1.54, 1.807) is 7.05 Å². The van der Waals surface area contributed by atoms with E-state index in [1.807, 2.05) is 13.8 Å². The highest BCUT2D eigenvalue weighted by atomic mass is 35.5. The standard InChI is InChI=1S/C14H20ClFN2O/c1-9(2)12(17)7-8-18(3)14(19)13-10(15)5-4-6-11(13)16/h4-6,9,12H,7-8,17H2,1-3H3. The highest BCUT2D eigenvalue weighted by Crippen LogP contribution is 2.20. The van der Waals surface area contributed by atoms with E-state index in [-0.39, 0.29) is 16.6 Å². The maximum absolute atomic E-state index is 13.6. The SMILES string of the molecule is CC(C)C(N)CCN(C)C(=O)c1c(F)cccc1Cl. The van der Waals surface area contributed by atoms with Gasteiger partial charge >= 0.3 is 0 Å². The number of amides is 1. The summed E-state index contributed by atoms with van der Waals surface area (Å²) >= 11 is 5.87. The van der Waals surface area contributed by atoms with Gasteiger partial charge in [-0.15, -0.1) is 0 Å². The molecule has 1 rings (SSSR count). The number of rotatable bonds is 5. The molecule has 106 valence electrons. The molecule has 0 heterocycles. The molecule has 1 aromatic rings. The quantitative estimate of drug-likeness (QED) is 0.905. The molecule has 0 bridgehead atoms. The summed E-state index contributed by atoms with van der Waals surface area (Å²) in [6, 6.07) is 4.23. The van der Waals surface area contributed by atoms with E-state index in [2.05, 4.69) is 0 Å². The lowest BCUT2D eigenvalue weighted by Crippen LogP contribution is -2.35. The van der Waals surface area contributed by atoms with Crippen LogP contribution in [0.4, 0.5) is 4.39 Å². The predicted molar refractivity (Wildman–Crippen MR) is 75.8 cm³/mol. The molecule has 19 heavy (non-hydrogen) atoms. The first-order valence-electron chi connectivity index (χ1n) is 6.29. The van der Waals surface area contributed by atoms with Crippen molar-refractivity contribution in [1.82, 2.24) is 4.90 Å². The molecule has 0 fully saturated rings. The summed E-state index contributed by atoms with van der Waals surface area (Å²) in [5, 5.41) is 0.130. The van der Waals surface area contributed by atoms with Gasteiger partial charge in [0.2, 0.25) is 0 Å². The number of carbonyl (C=O) groups excluding carboxylic acids is 1. The first kappa shape index (κ1) is 15.9. The van der Waals surface area contributed by atoms with E-state index < -0.39 is 11.7 Å². The number of halogens is 2. The molecule has 0 aliphatic rings. The maximum Gasteiger partial charge on any atom is 0.258 e. The summed E-state index contributed by atoms with van der Waals surface area (Å²) in [4.78, 5) is 13.6. The summed E-state index contributed by atoms with van der Waals surface area (Å²) in [6.45, 7) is 4.53. The van der Waals surface area contributed by atoms with Crippen LogP contribution in [0.1, 0.15) is 30.6 Å². The highest BCUT2D eigenvalue weighted by Gasteiger charge is 2.20. The number of nitrogens with two attached hydrogens (primary N) is 1. The van der Waals surface area contributed by atoms with E-state index in [0.717, 1.165) is 0 Å². The Labute approximate surface area is 118 Å². The number of hydrogen-bond donors (Lipinski definition) is 1. The van der Waals surface area contributed by atoms with Crippen LogP contribution in [0.15, 0.2) is 18.2 Å². The second kappa shape index (κ2) is 6.87. The van der Waals surface area contributed by atoms with E-state index >= 15 is 0 Å². The average Bonchev–Trinajstić information content (AvgIpc) is 2.34. The Morgan fingerprint density at radius 3 is 2.63 bits per heavy atom. The van der Waals surface area contributed by atoms with Crippen molar-refractivity contribution in [3.63, 3.8) is 0 Å². The monoisotopic (exact) mass is 286 g/mol. The third kappa shape index (κ3) is 4.18. The van der Waals surface area contributed by atoms with Gasteiger partial charge < -0.3 is 10.6 Å². The van der Waals surface area contributed by atoms with Gasteiger partial charge in [-0.05, 0) is 24.5 Å². The lowest BCUT2D eigenvalue weighted by molar-refractivity contribution is 0.0784. The van der Waals surface area contributed by atoms with Crippen LogP contribution in [0.2, 0.25) is 5.02 Å². The van der Waals surface area contributed by atoms with Gasteiger partial charge in [-0.1, -0.05) is 31.5 Å². The van der Waals surface area contributed by atoms with Crippen LogP contribution < -0.4 is 5.73 Å². The van der Waals surface area contributed by atoms with E-state index in [0.29, 0.717) is 18.9 Å². The van der Waals surface area contributed by atoms with Crippen molar-refractivity contribution < 1.29 is 9.18 Å². The molecule has 5 heteroatoms. The molecule has 0 spiro atoms. The molecule has 3 nitrogen and oxygen atoms in total. The fraction of sp³-hybridized carbons (Fsp3) is 0.500. The minimum atomic E-state index is -0.600. The first-order valence-corrected chi connectivity index (χ1v) is 6.67. The third-order valence-corrected chi connectivity index (χ3v) is 3.49. The summed E-state index contributed by atoms with van der Waals surface area (Å²) in [7, 11) is 1.62. The van der Waals surface area contributed by atoms with Crippen LogP contribution in [-0.4, -0.2) is 30.4 Å². The minimum absolute atomic E-state index is 0.0198. The molecule has 1 atom stereocenters. The minimum Gasteiger partial charge on any atom is -0.342 e. The Hall–Kier alpha value is -1.13. The molecule has 0 aliphatic heterocycles. The van der Waals surface area contributed by atoms with Crippen LogP contribution in [0, 0.1) is 11.7 Å². The molecule has 0 saturated heterocycles. The van der Waals surface area contributed by atoms with Gasteiger partial charge in [0.15, 0.2) is 0 Å². The molecule has 1 aromatic carbocycles. The number of benzene rings is 1. The Bertz CT molecular complexity index is 431. The number of carbonyl (C=O) groups is 1. The maximum atomic E-state index is 13.6. The van der Waals surface area contributed by atoms with Crippen LogP contribution in [0.25, 0.3) is 0 Å². The zero-order valence-corrected chi connectivity index (χ0v) is 12.2. The van der Waals surface area contributed by atoms with Crippen molar-refractivity contribution in [2.45, 2.75) is 26.3 Å². The van der Waals surface area contributed by atoms with Crippen LogP contribution in [-0.2, 0) is 0 Å². The topological polar surface area (TPSA) is 46.3 Å². The number of nitrogens with zero attached hydrogens (tertiary/aromatic N) is 1. The molecule has 2 N–H and O–H groups in total. The Balaban J connectivity index is 2.72. The van der Waals surface area contributed by atoms with Gasteiger partial charge in [0.05, 0.1) is 10.6 Å². The van der Waals surface area contributed by atoms with E-state index in [9.17, 15) is 9.18 Å². The van der Waals surface area contributed by atoms with Crippen LogP contribution >= 0.6 is 11.6 Å². The largest absolute Gasteiger partial charge is 0.342 e. The van der Waals surface area contributed by atoms with Crippen molar-refractivity contribution in [2.75, 3.05) is 13.6 Å². The smallest absolute Gasteiger partial charge is 0.258 e.